The van der Waals surface area contributed by atoms with Crippen molar-refractivity contribution >= 4 is 12.0 Å². The summed E-state index contributed by atoms with van der Waals surface area (Å²) in [5.41, 5.74) is -1.76. The van der Waals surface area contributed by atoms with Crippen LogP contribution in [-0.2, 0) is 14.4 Å². The van der Waals surface area contributed by atoms with E-state index in [-0.39, 0.29) is 12.1 Å². The Kier molecular flexibility index (Phi) is 3.71. The van der Waals surface area contributed by atoms with Gasteiger partial charge in [-0.15, -0.1) is 0 Å². The van der Waals surface area contributed by atoms with Crippen LogP contribution in [0.1, 0.15) is 47.5 Å². The molecule has 0 spiro atoms. The lowest BCUT2D eigenvalue weighted by molar-refractivity contribution is -0.231. The first-order chi connectivity index (χ1) is 9.10. The Bertz CT molecular complexity index is 414. The second kappa shape index (κ2) is 4.91. The van der Waals surface area contributed by atoms with Crippen LogP contribution in [0.3, 0.4) is 0 Å². The summed E-state index contributed by atoms with van der Waals surface area (Å²) in [6.07, 6.45) is 1.88. The summed E-state index contributed by atoms with van der Waals surface area (Å²) in [6.45, 7) is 10.1. The molecule has 2 aliphatic heterocycles. The second-order valence-corrected chi connectivity index (χ2v) is 6.95. The molecule has 2 heterocycles. The zero-order valence-electron chi connectivity index (χ0n) is 12.9. The fraction of sp³-hybridized carbons (Fsp3) is 0.857. The normalized spacial score (nSPS) is 23.2. The molecule has 0 N–H and O–H groups in total. The van der Waals surface area contributed by atoms with Gasteiger partial charge in [0.1, 0.15) is 5.60 Å². The van der Waals surface area contributed by atoms with Crippen molar-refractivity contribution in [1.29, 1.82) is 0 Å². The van der Waals surface area contributed by atoms with Gasteiger partial charge in [-0.05, 0) is 47.5 Å². The van der Waals surface area contributed by atoms with Crippen LogP contribution in [0.4, 0.5) is 4.79 Å². The van der Waals surface area contributed by atoms with Crippen molar-refractivity contribution in [2.45, 2.75) is 64.7 Å². The molecule has 0 aromatic heterocycles. The van der Waals surface area contributed by atoms with Crippen LogP contribution in [0.2, 0.25) is 0 Å². The third kappa shape index (κ3) is 3.06. The molecule has 20 heavy (non-hydrogen) atoms. The standard InChI is InChI=1S/C14H24N2O4/c1-13(2,3)19-11(17)14(4,5)20-16-10-7-6-8-15(9-10)12(16)18/h10H,6-9H2,1-5H3. The number of piperidine rings is 1. The average molecular weight is 284 g/mol. The molecule has 2 saturated heterocycles. The predicted octanol–water partition coefficient (Wildman–Crippen LogP) is 1.94. The highest BCUT2D eigenvalue weighted by molar-refractivity contribution is 5.80. The predicted molar refractivity (Wildman–Crippen MR) is 72.8 cm³/mol. The Morgan fingerprint density at radius 2 is 1.90 bits per heavy atom. The molecule has 2 fully saturated rings. The number of rotatable bonds is 3. The maximum Gasteiger partial charge on any atom is 0.344 e. The molecule has 2 amide bonds. The topological polar surface area (TPSA) is 59.1 Å². The van der Waals surface area contributed by atoms with Crippen molar-refractivity contribution in [3.63, 3.8) is 0 Å². The zero-order chi connectivity index (χ0) is 15.1. The summed E-state index contributed by atoms with van der Waals surface area (Å²) >= 11 is 0. The Morgan fingerprint density at radius 3 is 2.45 bits per heavy atom. The van der Waals surface area contributed by atoms with E-state index in [4.69, 9.17) is 9.57 Å². The number of hydrogen-bond acceptors (Lipinski definition) is 4. The van der Waals surface area contributed by atoms with E-state index in [2.05, 4.69) is 0 Å². The van der Waals surface area contributed by atoms with Gasteiger partial charge in [0.05, 0.1) is 6.04 Å². The molecule has 0 aromatic carbocycles. The summed E-state index contributed by atoms with van der Waals surface area (Å²) < 4.78 is 5.34. The number of urea groups is 1. The highest BCUT2D eigenvalue weighted by Gasteiger charge is 2.46. The minimum Gasteiger partial charge on any atom is -0.458 e. The molecule has 1 atom stereocenters. The van der Waals surface area contributed by atoms with Gasteiger partial charge in [-0.25, -0.2) is 9.59 Å². The molecule has 0 saturated carbocycles. The molecule has 2 rings (SSSR count). The van der Waals surface area contributed by atoms with E-state index in [1.54, 1.807) is 39.5 Å². The summed E-state index contributed by atoms with van der Waals surface area (Å²) in [5.74, 6) is -0.464. The number of esters is 1. The minimum atomic E-state index is -1.18. The maximum atomic E-state index is 12.2. The Hall–Kier alpha value is -1.30. The lowest BCUT2D eigenvalue weighted by Gasteiger charge is -2.32. The molecule has 114 valence electrons. The van der Waals surface area contributed by atoms with E-state index in [1.807, 2.05) is 0 Å². The quantitative estimate of drug-likeness (QED) is 0.743. The molecule has 0 aliphatic carbocycles. The summed E-state index contributed by atoms with van der Waals surface area (Å²) in [6, 6.07) is -0.109. The van der Waals surface area contributed by atoms with Crippen LogP contribution >= 0.6 is 0 Å². The van der Waals surface area contributed by atoms with E-state index in [9.17, 15) is 9.59 Å². The third-order valence-corrected chi connectivity index (χ3v) is 3.40. The van der Waals surface area contributed by atoms with Gasteiger partial charge in [0, 0.05) is 13.1 Å². The first-order valence-electron chi connectivity index (χ1n) is 7.11. The van der Waals surface area contributed by atoms with Crippen molar-refractivity contribution < 1.29 is 19.2 Å². The molecule has 2 aliphatic rings. The van der Waals surface area contributed by atoms with Crippen LogP contribution in [-0.4, -0.2) is 52.3 Å². The smallest absolute Gasteiger partial charge is 0.344 e. The summed E-state index contributed by atoms with van der Waals surface area (Å²) in [7, 11) is 0. The van der Waals surface area contributed by atoms with E-state index in [0.29, 0.717) is 6.54 Å². The fourth-order valence-corrected chi connectivity index (χ4v) is 2.41. The lowest BCUT2D eigenvalue weighted by atomic mass is 10.1. The Balaban J connectivity index is 2.04. The van der Waals surface area contributed by atoms with Gasteiger partial charge in [-0.1, -0.05) is 0 Å². The van der Waals surface area contributed by atoms with Crippen LogP contribution in [0.25, 0.3) is 0 Å². The second-order valence-electron chi connectivity index (χ2n) is 6.95. The zero-order valence-corrected chi connectivity index (χ0v) is 12.9. The van der Waals surface area contributed by atoms with Crippen molar-refractivity contribution in [2.75, 3.05) is 13.1 Å². The molecule has 0 radical (unpaired) electrons. The van der Waals surface area contributed by atoms with Crippen molar-refractivity contribution in [1.82, 2.24) is 9.96 Å². The summed E-state index contributed by atoms with van der Waals surface area (Å²) in [5, 5.41) is 1.36. The van der Waals surface area contributed by atoms with Crippen molar-refractivity contribution in [3.05, 3.63) is 0 Å². The largest absolute Gasteiger partial charge is 0.458 e. The van der Waals surface area contributed by atoms with Gasteiger partial charge >= 0.3 is 12.0 Å². The molecule has 6 heteroatoms. The Morgan fingerprint density at radius 1 is 1.25 bits per heavy atom. The highest BCUT2D eigenvalue weighted by atomic mass is 16.7. The summed E-state index contributed by atoms with van der Waals surface area (Å²) in [4.78, 5) is 31.8. The molecule has 6 nitrogen and oxygen atoms in total. The number of fused-ring (bicyclic) bond motifs is 2. The van der Waals surface area contributed by atoms with Crippen molar-refractivity contribution in [3.8, 4) is 0 Å². The fourth-order valence-electron chi connectivity index (χ4n) is 2.41. The van der Waals surface area contributed by atoms with Gasteiger partial charge in [0.25, 0.3) is 0 Å². The molecular formula is C14H24N2O4. The van der Waals surface area contributed by atoms with Gasteiger partial charge in [0.15, 0.2) is 5.60 Å². The number of hydrogen-bond donors (Lipinski definition) is 0. The lowest BCUT2D eigenvalue weighted by Crippen LogP contribution is -2.48. The van der Waals surface area contributed by atoms with Gasteiger partial charge in [-0.3, -0.25) is 4.84 Å². The van der Waals surface area contributed by atoms with Crippen LogP contribution in [0.5, 0.6) is 0 Å². The van der Waals surface area contributed by atoms with Crippen LogP contribution in [0.15, 0.2) is 0 Å². The van der Waals surface area contributed by atoms with Gasteiger partial charge < -0.3 is 9.64 Å². The van der Waals surface area contributed by atoms with E-state index >= 15 is 0 Å². The monoisotopic (exact) mass is 284 g/mol. The SMILES string of the molecule is CC(C)(C)OC(=O)C(C)(C)ON1C(=O)N2CCCC1C2. The molecule has 1 unspecified atom stereocenters. The molecule has 2 bridgehead atoms. The van der Waals surface area contributed by atoms with E-state index < -0.39 is 17.2 Å². The third-order valence-electron chi connectivity index (χ3n) is 3.40. The number of carbonyl (C=O) groups excluding carboxylic acids is 2. The minimum absolute atomic E-state index is 0.0398. The number of carbonyl (C=O) groups is 2. The average Bonchev–Trinajstić information content (AvgIpc) is 2.51. The number of nitrogens with zero attached hydrogens (tertiary/aromatic N) is 2. The highest BCUT2D eigenvalue weighted by Crippen LogP contribution is 2.29. The van der Waals surface area contributed by atoms with Gasteiger partial charge in [-0.2, -0.15) is 5.06 Å². The first kappa shape index (κ1) is 15.1. The number of ether oxygens (including phenoxy) is 1. The molecular weight excluding hydrogens is 260 g/mol. The first-order valence-corrected chi connectivity index (χ1v) is 7.11. The number of hydroxylamine groups is 2. The van der Waals surface area contributed by atoms with E-state index in [1.165, 1.54) is 5.06 Å². The molecule has 0 aromatic rings. The maximum absolute atomic E-state index is 12.2. The number of amides is 2. The van der Waals surface area contributed by atoms with Gasteiger partial charge in [0.2, 0.25) is 0 Å². The van der Waals surface area contributed by atoms with Crippen LogP contribution < -0.4 is 0 Å². The van der Waals surface area contributed by atoms with Crippen LogP contribution in [0, 0.1) is 0 Å². The van der Waals surface area contributed by atoms with E-state index in [0.717, 1.165) is 19.4 Å². The van der Waals surface area contributed by atoms with Crippen molar-refractivity contribution in [2.24, 2.45) is 0 Å². The Labute approximate surface area is 119 Å².